The standard InChI is InChI=1S/C19H17N3O5/c1-3-21-17-9-6-14(10-16(17)20-12(2)18(21)23)19(24)27-11-13-4-7-15(8-5-13)22(25)26/h4-10H,3,11H2,1-2H3. The lowest BCUT2D eigenvalue weighted by Gasteiger charge is -2.10. The zero-order valence-corrected chi connectivity index (χ0v) is 14.8. The number of nitro benzene ring substituents is 1. The third-order valence-corrected chi connectivity index (χ3v) is 4.18. The first kappa shape index (κ1) is 18.2. The predicted octanol–water partition coefficient (Wildman–Crippen LogP) is 2.99. The summed E-state index contributed by atoms with van der Waals surface area (Å²) >= 11 is 0. The van der Waals surface area contributed by atoms with Crippen LogP contribution in [0, 0.1) is 17.0 Å². The minimum atomic E-state index is -0.538. The van der Waals surface area contributed by atoms with Crippen LogP contribution in [0.25, 0.3) is 11.0 Å². The normalized spacial score (nSPS) is 10.7. The lowest BCUT2D eigenvalue weighted by molar-refractivity contribution is -0.384. The van der Waals surface area contributed by atoms with E-state index >= 15 is 0 Å². The average molecular weight is 367 g/mol. The van der Waals surface area contributed by atoms with Crippen LogP contribution in [-0.2, 0) is 17.9 Å². The molecule has 8 nitrogen and oxygen atoms in total. The van der Waals surface area contributed by atoms with E-state index in [0.717, 1.165) is 0 Å². The second kappa shape index (κ2) is 7.36. The molecule has 0 saturated carbocycles. The number of benzene rings is 2. The quantitative estimate of drug-likeness (QED) is 0.390. The van der Waals surface area contributed by atoms with Gasteiger partial charge >= 0.3 is 5.97 Å². The van der Waals surface area contributed by atoms with Crippen LogP contribution < -0.4 is 5.56 Å². The number of ether oxygens (including phenoxy) is 1. The number of carbonyl (C=O) groups is 1. The van der Waals surface area contributed by atoms with Crippen molar-refractivity contribution in [2.75, 3.05) is 0 Å². The molecule has 138 valence electrons. The van der Waals surface area contributed by atoms with Crippen molar-refractivity contribution in [3.8, 4) is 0 Å². The maximum Gasteiger partial charge on any atom is 0.338 e. The Balaban J connectivity index is 1.80. The number of hydrogen-bond acceptors (Lipinski definition) is 6. The molecule has 0 unspecified atom stereocenters. The van der Waals surface area contributed by atoms with Crippen molar-refractivity contribution in [1.29, 1.82) is 0 Å². The van der Waals surface area contributed by atoms with Gasteiger partial charge in [-0.1, -0.05) is 0 Å². The Labute approximate surface area is 154 Å². The second-order valence-corrected chi connectivity index (χ2v) is 5.95. The molecule has 3 rings (SSSR count). The van der Waals surface area contributed by atoms with Gasteiger partial charge in [0.05, 0.1) is 21.5 Å². The van der Waals surface area contributed by atoms with E-state index < -0.39 is 10.9 Å². The molecule has 0 aliphatic rings. The van der Waals surface area contributed by atoms with Gasteiger partial charge < -0.3 is 9.30 Å². The van der Waals surface area contributed by atoms with Crippen LogP contribution in [0.2, 0.25) is 0 Å². The average Bonchev–Trinajstić information content (AvgIpc) is 2.67. The van der Waals surface area contributed by atoms with E-state index in [0.29, 0.717) is 34.4 Å². The third kappa shape index (κ3) is 3.69. The molecule has 0 fully saturated rings. The van der Waals surface area contributed by atoms with Crippen LogP contribution in [0.5, 0.6) is 0 Å². The molecule has 0 atom stereocenters. The highest BCUT2D eigenvalue weighted by atomic mass is 16.6. The summed E-state index contributed by atoms with van der Waals surface area (Å²) in [5.74, 6) is -0.538. The fraction of sp³-hybridized carbons (Fsp3) is 0.211. The van der Waals surface area contributed by atoms with Crippen molar-refractivity contribution in [1.82, 2.24) is 9.55 Å². The van der Waals surface area contributed by atoms with E-state index in [-0.39, 0.29) is 17.9 Å². The molecule has 0 N–H and O–H groups in total. The van der Waals surface area contributed by atoms with Gasteiger partial charge in [-0.2, -0.15) is 0 Å². The fourth-order valence-corrected chi connectivity index (χ4v) is 2.76. The molecule has 0 bridgehead atoms. The number of non-ortho nitro benzene ring substituents is 1. The molecule has 3 aromatic rings. The first-order chi connectivity index (χ1) is 12.9. The van der Waals surface area contributed by atoms with Crippen LogP contribution in [0.3, 0.4) is 0 Å². The number of aromatic nitrogens is 2. The number of fused-ring (bicyclic) bond motifs is 1. The first-order valence-electron chi connectivity index (χ1n) is 8.32. The number of esters is 1. The number of carbonyl (C=O) groups excluding carboxylic acids is 1. The van der Waals surface area contributed by atoms with E-state index in [4.69, 9.17) is 4.74 Å². The molecular weight excluding hydrogens is 350 g/mol. The van der Waals surface area contributed by atoms with Gasteiger partial charge in [0.1, 0.15) is 12.3 Å². The highest BCUT2D eigenvalue weighted by molar-refractivity contribution is 5.93. The summed E-state index contributed by atoms with van der Waals surface area (Å²) in [6.07, 6.45) is 0. The Hall–Kier alpha value is -3.55. The first-order valence-corrected chi connectivity index (χ1v) is 8.32. The van der Waals surface area contributed by atoms with Crippen molar-refractivity contribution >= 4 is 22.7 Å². The van der Waals surface area contributed by atoms with Crippen molar-refractivity contribution in [2.24, 2.45) is 0 Å². The van der Waals surface area contributed by atoms with Gasteiger partial charge in [0, 0.05) is 18.7 Å². The van der Waals surface area contributed by atoms with Gasteiger partial charge in [0.15, 0.2) is 0 Å². The number of rotatable bonds is 5. The van der Waals surface area contributed by atoms with Crippen LogP contribution in [0.4, 0.5) is 5.69 Å². The zero-order valence-electron chi connectivity index (χ0n) is 14.8. The number of aryl methyl sites for hydroxylation is 2. The van der Waals surface area contributed by atoms with Gasteiger partial charge in [0.2, 0.25) is 0 Å². The van der Waals surface area contributed by atoms with Crippen LogP contribution in [0.15, 0.2) is 47.3 Å². The van der Waals surface area contributed by atoms with Crippen molar-refractivity contribution in [3.63, 3.8) is 0 Å². The third-order valence-electron chi connectivity index (χ3n) is 4.18. The number of hydrogen-bond donors (Lipinski definition) is 0. The lowest BCUT2D eigenvalue weighted by Crippen LogP contribution is -2.23. The minimum Gasteiger partial charge on any atom is -0.457 e. The van der Waals surface area contributed by atoms with Crippen LogP contribution in [0.1, 0.15) is 28.5 Å². The Morgan fingerprint density at radius 3 is 2.56 bits per heavy atom. The highest BCUT2D eigenvalue weighted by Crippen LogP contribution is 2.16. The largest absolute Gasteiger partial charge is 0.457 e. The molecule has 8 heteroatoms. The molecule has 0 aliphatic carbocycles. The summed E-state index contributed by atoms with van der Waals surface area (Å²) in [6, 6.07) is 10.6. The van der Waals surface area contributed by atoms with Crippen molar-refractivity contribution < 1.29 is 14.5 Å². The summed E-state index contributed by atoms with van der Waals surface area (Å²) in [5, 5.41) is 10.7. The molecule has 27 heavy (non-hydrogen) atoms. The van der Waals surface area contributed by atoms with Gasteiger partial charge in [-0.05, 0) is 49.7 Å². The summed E-state index contributed by atoms with van der Waals surface area (Å²) in [5.41, 5.74) is 2.34. The van der Waals surface area contributed by atoms with E-state index in [9.17, 15) is 19.7 Å². The minimum absolute atomic E-state index is 0.00419. The molecule has 1 aromatic heterocycles. The molecule has 0 spiro atoms. The van der Waals surface area contributed by atoms with Gasteiger partial charge in [-0.15, -0.1) is 0 Å². The molecule has 1 heterocycles. The highest BCUT2D eigenvalue weighted by Gasteiger charge is 2.13. The topological polar surface area (TPSA) is 104 Å². The van der Waals surface area contributed by atoms with E-state index in [1.54, 1.807) is 29.7 Å². The SMILES string of the molecule is CCn1c(=O)c(C)nc2cc(C(=O)OCc3ccc([N+](=O)[O-])cc3)ccc21. The van der Waals surface area contributed by atoms with Gasteiger partial charge in [-0.25, -0.2) is 9.78 Å². The van der Waals surface area contributed by atoms with Crippen molar-refractivity contribution in [3.05, 3.63) is 79.8 Å². The summed E-state index contributed by atoms with van der Waals surface area (Å²) < 4.78 is 6.87. The number of nitro groups is 1. The second-order valence-electron chi connectivity index (χ2n) is 5.95. The summed E-state index contributed by atoms with van der Waals surface area (Å²) in [4.78, 5) is 38.9. The number of nitrogens with zero attached hydrogens (tertiary/aromatic N) is 3. The monoisotopic (exact) mass is 367 g/mol. The van der Waals surface area contributed by atoms with Crippen LogP contribution >= 0.6 is 0 Å². The van der Waals surface area contributed by atoms with Crippen LogP contribution in [-0.4, -0.2) is 20.4 Å². The molecule has 2 aromatic carbocycles. The predicted molar refractivity (Wildman–Crippen MR) is 98.6 cm³/mol. The molecule has 0 saturated heterocycles. The van der Waals surface area contributed by atoms with Crippen molar-refractivity contribution in [2.45, 2.75) is 27.0 Å². The van der Waals surface area contributed by atoms with E-state index in [1.807, 2.05) is 6.92 Å². The van der Waals surface area contributed by atoms with Gasteiger partial charge in [-0.3, -0.25) is 14.9 Å². The summed E-state index contributed by atoms with van der Waals surface area (Å²) in [7, 11) is 0. The van der Waals surface area contributed by atoms with E-state index in [2.05, 4.69) is 4.98 Å². The maximum atomic E-state index is 12.3. The Morgan fingerprint density at radius 2 is 1.93 bits per heavy atom. The smallest absolute Gasteiger partial charge is 0.338 e. The van der Waals surface area contributed by atoms with E-state index in [1.165, 1.54) is 24.3 Å². The zero-order chi connectivity index (χ0) is 19.6. The van der Waals surface area contributed by atoms with Gasteiger partial charge in [0.25, 0.3) is 11.2 Å². The Bertz CT molecular complexity index is 1090. The maximum absolute atomic E-state index is 12.3. The Morgan fingerprint density at radius 1 is 1.22 bits per heavy atom. The fourth-order valence-electron chi connectivity index (χ4n) is 2.76. The molecule has 0 amide bonds. The molecular formula is C19H17N3O5. The lowest BCUT2D eigenvalue weighted by atomic mass is 10.2. The Kier molecular flexibility index (Phi) is 4.98. The molecule has 0 radical (unpaired) electrons. The summed E-state index contributed by atoms with van der Waals surface area (Å²) in [6.45, 7) is 4.00. The molecule has 0 aliphatic heterocycles.